The van der Waals surface area contributed by atoms with Crippen molar-refractivity contribution in [2.75, 3.05) is 96.1 Å². The number of likely N-dealkylation sites (N-methyl/N-ethyl adjacent to an activating group) is 1. The van der Waals surface area contributed by atoms with E-state index in [0.29, 0.717) is 83.0 Å². The predicted octanol–water partition coefficient (Wildman–Crippen LogP) is 7.90. The third kappa shape index (κ3) is 14.0. The lowest BCUT2D eigenvalue weighted by Gasteiger charge is -2.35. The summed E-state index contributed by atoms with van der Waals surface area (Å²) in [5.74, 6) is -1.18. The summed E-state index contributed by atoms with van der Waals surface area (Å²) in [6, 6.07) is 18.6. The predicted molar refractivity (Wildman–Crippen MR) is 315 cm³/mol. The molecule has 4 N–H and O–H groups in total. The van der Waals surface area contributed by atoms with Crippen LogP contribution < -0.4 is 20.3 Å². The number of phenolic OH excluding ortho intramolecular Hbond substituents is 1. The Bertz CT molecular complexity index is 3500. The van der Waals surface area contributed by atoms with Gasteiger partial charge in [-0.3, -0.25) is 19.2 Å². The van der Waals surface area contributed by atoms with E-state index < -0.39 is 29.8 Å². The van der Waals surface area contributed by atoms with Crippen LogP contribution in [0.1, 0.15) is 55.3 Å². The SMILES string of the molecule is C=CC(=O)N1CCN(c2nc(NCCC(=O)N(C)CCOCCOCCOc3cc(-c4scnc4C)ccc3CNC(=O)[C@@H]3C[C@@H](O)CN3C(=O)[C@H](c3cc(C)no3)C(C)C)nc3c(F)c(-c4cc(O)cc5ccccc45)c(Cl)cc23)CC1. The Hall–Kier alpha value is -7.76. The molecule has 23 heteroatoms. The summed E-state index contributed by atoms with van der Waals surface area (Å²) < 4.78 is 40.4. The summed E-state index contributed by atoms with van der Waals surface area (Å²) in [7, 11) is 1.68. The number of hydrogen-bond acceptors (Lipinski definition) is 17. The van der Waals surface area contributed by atoms with Gasteiger partial charge in [0.25, 0.3) is 0 Å². The number of fused-ring (bicyclic) bond motifs is 2. The summed E-state index contributed by atoms with van der Waals surface area (Å²) in [6.45, 7) is 14.5. The first-order valence-electron chi connectivity index (χ1n) is 27.6. The van der Waals surface area contributed by atoms with Gasteiger partial charge >= 0.3 is 0 Å². The lowest BCUT2D eigenvalue weighted by atomic mass is 9.91. The minimum atomic E-state index is -0.887. The number of aliphatic hydroxyl groups excluding tert-OH is 1. The van der Waals surface area contributed by atoms with Crippen LogP contribution in [0.4, 0.5) is 16.2 Å². The zero-order valence-electron chi connectivity index (χ0n) is 47.0. The number of rotatable bonds is 24. The maximum atomic E-state index is 17.1. The summed E-state index contributed by atoms with van der Waals surface area (Å²) >= 11 is 8.41. The van der Waals surface area contributed by atoms with Gasteiger partial charge in [-0.15, -0.1) is 11.3 Å². The van der Waals surface area contributed by atoms with Crippen LogP contribution in [-0.2, 0) is 35.2 Å². The average molecular weight is 1180 g/mol. The number of ether oxygens (including phenoxy) is 3. The smallest absolute Gasteiger partial charge is 0.246 e. The fourth-order valence-electron chi connectivity index (χ4n) is 10.5. The van der Waals surface area contributed by atoms with Crippen LogP contribution >= 0.6 is 22.9 Å². The molecular formula is C60H68ClFN10O10S. The van der Waals surface area contributed by atoms with Crippen molar-refractivity contribution in [1.82, 2.24) is 40.1 Å². The van der Waals surface area contributed by atoms with E-state index in [-0.39, 0.29) is 117 Å². The van der Waals surface area contributed by atoms with Gasteiger partial charge in [-0.1, -0.05) is 73.6 Å². The molecule has 0 saturated carbocycles. The van der Waals surface area contributed by atoms with E-state index >= 15 is 4.39 Å². The second-order valence-corrected chi connectivity index (χ2v) is 22.2. The zero-order valence-corrected chi connectivity index (χ0v) is 48.6. The van der Waals surface area contributed by atoms with Crippen LogP contribution in [0.2, 0.25) is 5.02 Å². The molecule has 2 aliphatic heterocycles. The number of anilines is 2. The van der Waals surface area contributed by atoms with Gasteiger partial charge < -0.3 is 59.2 Å². The molecule has 2 saturated heterocycles. The number of piperazine rings is 1. The Morgan fingerprint density at radius 2 is 1.73 bits per heavy atom. The van der Waals surface area contributed by atoms with E-state index in [9.17, 15) is 29.4 Å². The lowest BCUT2D eigenvalue weighted by Crippen LogP contribution is -2.48. The molecular weight excluding hydrogens is 1110 g/mol. The van der Waals surface area contributed by atoms with Crippen LogP contribution in [0.15, 0.2) is 89.4 Å². The van der Waals surface area contributed by atoms with Gasteiger partial charge in [0.2, 0.25) is 29.6 Å². The first-order chi connectivity index (χ1) is 40.0. The lowest BCUT2D eigenvalue weighted by molar-refractivity contribution is -0.141. The van der Waals surface area contributed by atoms with Crippen molar-refractivity contribution < 1.29 is 52.5 Å². The van der Waals surface area contributed by atoms with Crippen molar-refractivity contribution in [3.05, 3.63) is 118 Å². The number of aromatic nitrogens is 4. The Balaban J connectivity index is 0.755. The van der Waals surface area contributed by atoms with Gasteiger partial charge in [0.15, 0.2) is 5.82 Å². The molecule has 7 aromatic rings. The Morgan fingerprint density at radius 1 is 0.976 bits per heavy atom. The summed E-state index contributed by atoms with van der Waals surface area (Å²) in [6.07, 6.45) is 0.574. The number of aryl methyl sites for hydroxylation is 2. The van der Waals surface area contributed by atoms with Crippen LogP contribution in [-0.4, -0.2) is 167 Å². The van der Waals surface area contributed by atoms with Crippen molar-refractivity contribution in [3.63, 3.8) is 0 Å². The van der Waals surface area contributed by atoms with Crippen molar-refractivity contribution in [1.29, 1.82) is 0 Å². The molecule has 2 aliphatic rings. The molecule has 9 rings (SSSR count). The molecule has 438 valence electrons. The molecule has 4 amide bonds. The maximum absolute atomic E-state index is 17.1. The minimum Gasteiger partial charge on any atom is -0.508 e. The van der Waals surface area contributed by atoms with Crippen LogP contribution in [0, 0.1) is 25.6 Å². The fourth-order valence-corrected chi connectivity index (χ4v) is 11.5. The van der Waals surface area contributed by atoms with E-state index in [0.717, 1.165) is 16.1 Å². The largest absolute Gasteiger partial charge is 0.508 e. The van der Waals surface area contributed by atoms with Gasteiger partial charge in [-0.05, 0) is 72.0 Å². The van der Waals surface area contributed by atoms with Crippen molar-refractivity contribution >= 4 is 80.0 Å². The highest BCUT2D eigenvalue weighted by atomic mass is 35.5. The number of nitrogens with zero attached hydrogens (tertiary/aromatic N) is 8. The molecule has 83 heavy (non-hydrogen) atoms. The number of amides is 4. The molecule has 0 bridgehead atoms. The Labute approximate surface area is 489 Å². The number of carbonyl (C=O) groups is 4. The molecule has 4 aromatic carbocycles. The van der Waals surface area contributed by atoms with Gasteiger partial charge in [-0.25, -0.2) is 14.4 Å². The van der Waals surface area contributed by atoms with Crippen LogP contribution in [0.25, 0.3) is 43.2 Å². The van der Waals surface area contributed by atoms with E-state index in [2.05, 4.69) is 32.3 Å². The van der Waals surface area contributed by atoms with Crippen molar-refractivity contribution in [3.8, 4) is 33.1 Å². The normalized spacial score (nSPS) is 15.7. The Kier molecular flexibility index (Phi) is 19.5. The first kappa shape index (κ1) is 59.8. The van der Waals surface area contributed by atoms with E-state index in [1.165, 1.54) is 28.4 Å². The number of phenols is 1. The highest BCUT2D eigenvalue weighted by molar-refractivity contribution is 7.13. The highest BCUT2D eigenvalue weighted by Crippen LogP contribution is 2.43. The zero-order chi connectivity index (χ0) is 58.9. The van der Waals surface area contributed by atoms with Gasteiger partial charge in [0.05, 0.1) is 59.3 Å². The van der Waals surface area contributed by atoms with Crippen molar-refractivity contribution in [2.45, 2.75) is 65.1 Å². The number of nitrogens with one attached hydrogen (secondary N) is 2. The third-order valence-corrected chi connectivity index (χ3v) is 16.1. The van der Waals surface area contributed by atoms with E-state index in [4.69, 9.17) is 35.3 Å². The number of hydrogen-bond donors (Lipinski definition) is 4. The number of halogens is 2. The number of likely N-dealkylation sites (tertiary alicyclic amines) is 1. The number of β-amino-alcohol motifs (C(OH)–C–C–N with tert-alkyl or cyclic N) is 1. The highest BCUT2D eigenvalue weighted by Gasteiger charge is 2.43. The van der Waals surface area contributed by atoms with Crippen LogP contribution in [0.3, 0.4) is 0 Å². The molecule has 3 aromatic heterocycles. The van der Waals surface area contributed by atoms with Gasteiger partial charge in [0, 0.05) is 94.8 Å². The maximum Gasteiger partial charge on any atom is 0.246 e. The molecule has 0 radical (unpaired) electrons. The Morgan fingerprint density at radius 3 is 2.46 bits per heavy atom. The molecule has 0 spiro atoms. The van der Waals surface area contributed by atoms with Gasteiger partial charge in [-0.2, -0.15) is 4.98 Å². The second-order valence-electron chi connectivity index (χ2n) is 20.9. The molecule has 0 aliphatic carbocycles. The number of thiazole rings is 1. The molecule has 3 atom stereocenters. The molecule has 2 fully saturated rings. The number of benzene rings is 4. The molecule has 0 unspecified atom stereocenters. The quantitative estimate of drug-likeness (QED) is 0.0332. The molecule has 5 heterocycles. The number of aliphatic hydroxyl groups is 1. The van der Waals surface area contributed by atoms with Crippen molar-refractivity contribution in [2.24, 2.45) is 5.92 Å². The standard InChI is InChI=1S/C60H68ClFN10O10S/c1-7-50(75)70-16-18-71(19-17-70)57-45-31-46(61)53(44-29-41(73)27-38-10-8-9-11-43(38)44)54(62)55(45)66-60(67-57)63-15-14-51(76)69(6)20-21-79-22-23-80-24-25-81-48-28-39(56-37(5)65-34-83-56)12-13-40(48)32-64-58(77)47-30-42(74)33-72(47)59(78)52(35(2)3)49-26-36(4)68-82-49/h7-13,26-29,31,34-35,42,47,52,73-74H,1,14-25,30,32-33H2,2-6H3,(H,64,77)(H,63,66,67)/t42-,47+,52+/m1/s1. The van der Waals surface area contributed by atoms with E-state index in [1.807, 2.05) is 68.1 Å². The number of aromatic hydroxyl groups is 1. The van der Waals surface area contributed by atoms with E-state index in [1.54, 1.807) is 47.5 Å². The molecule has 20 nitrogen and oxygen atoms in total. The summed E-state index contributed by atoms with van der Waals surface area (Å²) in [5, 5.41) is 33.2. The van der Waals surface area contributed by atoms with Crippen LogP contribution in [0.5, 0.6) is 11.5 Å². The fraction of sp³-hybridized carbons (Fsp3) is 0.400. The minimum absolute atomic E-state index is 0.00650. The first-order valence-corrected chi connectivity index (χ1v) is 28.8. The van der Waals surface area contributed by atoms with Gasteiger partial charge in [0.1, 0.15) is 47.2 Å². The topological polar surface area (TPSA) is 238 Å². The summed E-state index contributed by atoms with van der Waals surface area (Å²) in [5.41, 5.74) is 5.36. The average Bonchev–Trinajstić information content (AvgIpc) is 3.68. The third-order valence-electron chi connectivity index (χ3n) is 14.8. The number of carbonyl (C=O) groups excluding carboxylic acids is 4. The summed E-state index contributed by atoms with van der Waals surface area (Å²) in [4.78, 5) is 74.9. The monoisotopic (exact) mass is 1170 g/mol. The second kappa shape index (κ2) is 27.1.